The maximum Gasteiger partial charge on any atom is 0.290 e. The van der Waals surface area contributed by atoms with Gasteiger partial charge in [-0.15, -0.1) is 0 Å². The van der Waals surface area contributed by atoms with Crippen LogP contribution in [0.3, 0.4) is 0 Å². The van der Waals surface area contributed by atoms with Gasteiger partial charge in [0.2, 0.25) is 5.91 Å². The van der Waals surface area contributed by atoms with Crippen molar-refractivity contribution in [3.63, 3.8) is 0 Å². The molecule has 5 rings (SSSR count). The zero-order chi connectivity index (χ0) is 27.2. The minimum Gasteiger partial charge on any atom is -0.486 e. The number of imide groups is 1. The summed E-state index contributed by atoms with van der Waals surface area (Å²) in [6, 6.07) is 36.6. The lowest BCUT2D eigenvalue weighted by Gasteiger charge is -2.42. The van der Waals surface area contributed by atoms with Crippen LogP contribution in [-0.4, -0.2) is 33.7 Å². The van der Waals surface area contributed by atoms with Crippen LogP contribution in [0.2, 0.25) is 0 Å². The molecular formula is C33H29NO4S. The van der Waals surface area contributed by atoms with E-state index >= 15 is 0 Å². The minimum absolute atomic E-state index is 0.0318. The Morgan fingerprint density at radius 1 is 0.769 bits per heavy atom. The fourth-order valence-electron chi connectivity index (χ4n) is 5.02. The highest BCUT2D eigenvalue weighted by Gasteiger charge is 2.53. The Balaban J connectivity index is 1.51. The first-order chi connectivity index (χ1) is 19.0. The van der Waals surface area contributed by atoms with Gasteiger partial charge in [0, 0.05) is 6.42 Å². The standard InChI is InChI=1S/C33H29NO4S/c1-2-28(35)23-38-29-20-18-24(19-21-29)22-30-31(36)34(32(37)39-30)33(25-12-6-3-7-13-25,26-14-8-4-9-15-26)27-16-10-5-11-17-27/h3-21,30H,2,22-23H2,1H3. The summed E-state index contributed by atoms with van der Waals surface area (Å²) in [7, 11) is 0. The second-order valence-electron chi connectivity index (χ2n) is 9.38. The smallest absolute Gasteiger partial charge is 0.290 e. The Hall–Kier alpha value is -4.16. The first-order valence-corrected chi connectivity index (χ1v) is 13.9. The van der Waals surface area contributed by atoms with Crippen molar-refractivity contribution in [3.8, 4) is 5.75 Å². The number of carbonyl (C=O) groups is 3. The molecule has 1 heterocycles. The van der Waals surface area contributed by atoms with E-state index in [9.17, 15) is 14.4 Å². The van der Waals surface area contributed by atoms with Crippen molar-refractivity contribution in [1.82, 2.24) is 4.90 Å². The molecule has 1 unspecified atom stereocenters. The molecule has 6 heteroatoms. The summed E-state index contributed by atoms with van der Waals surface area (Å²) in [5, 5.41) is -0.846. The second kappa shape index (κ2) is 11.7. The average molecular weight is 536 g/mol. The Kier molecular flexibility index (Phi) is 7.94. The third kappa shape index (κ3) is 5.25. The summed E-state index contributed by atoms with van der Waals surface area (Å²) in [6.45, 7) is 1.84. The van der Waals surface area contributed by atoms with Crippen molar-refractivity contribution in [2.75, 3.05) is 6.61 Å². The third-order valence-corrected chi connectivity index (χ3v) is 8.01. The van der Waals surface area contributed by atoms with Gasteiger partial charge >= 0.3 is 0 Å². The monoisotopic (exact) mass is 535 g/mol. The molecule has 1 fully saturated rings. The van der Waals surface area contributed by atoms with Crippen LogP contribution in [-0.2, 0) is 21.5 Å². The van der Waals surface area contributed by atoms with Gasteiger partial charge in [-0.05, 0) is 40.8 Å². The summed E-state index contributed by atoms with van der Waals surface area (Å²) >= 11 is 1.07. The summed E-state index contributed by atoms with van der Waals surface area (Å²) in [5.74, 6) is 0.402. The van der Waals surface area contributed by atoms with E-state index in [1.54, 1.807) is 19.1 Å². The van der Waals surface area contributed by atoms with Crippen molar-refractivity contribution in [1.29, 1.82) is 0 Å². The normalized spacial score (nSPS) is 15.4. The Labute approximate surface area is 232 Å². The average Bonchev–Trinajstić information content (AvgIpc) is 3.27. The fourth-order valence-corrected chi connectivity index (χ4v) is 6.07. The van der Waals surface area contributed by atoms with Gasteiger partial charge in [-0.1, -0.05) is 122 Å². The highest BCUT2D eigenvalue weighted by Crippen LogP contribution is 2.47. The third-order valence-electron chi connectivity index (χ3n) is 6.97. The largest absolute Gasteiger partial charge is 0.486 e. The molecule has 1 atom stereocenters. The van der Waals surface area contributed by atoms with Crippen LogP contribution in [0.25, 0.3) is 0 Å². The number of ether oxygens (including phenoxy) is 1. The van der Waals surface area contributed by atoms with E-state index in [4.69, 9.17) is 4.74 Å². The topological polar surface area (TPSA) is 63.7 Å². The van der Waals surface area contributed by atoms with E-state index in [0.717, 1.165) is 34.0 Å². The highest BCUT2D eigenvalue weighted by atomic mass is 32.2. The minimum atomic E-state index is -1.12. The van der Waals surface area contributed by atoms with Gasteiger partial charge in [0.15, 0.2) is 5.78 Å². The molecule has 0 aromatic heterocycles. The Bertz CT molecular complexity index is 1340. The summed E-state index contributed by atoms with van der Waals surface area (Å²) in [4.78, 5) is 41.0. The van der Waals surface area contributed by atoms with E-state index in [2.05, 4.69) is 0 Å². The van der Waals surface area contributed by atoms with Gasteiger partial charge in [0.25, 0.3) is 5.24 Å². The van der Waals surface area contributed by atoms with E-state index in [0.29, 0.717) is 18.6 Å². The molecule has 5 nitrogen and oxygen atoms in total. The number of rotatable bonds is 10. The van der Waals surface area contributed by atoms with Crippen LogP contribution in [0.5, 0.6) is 5.75 Å². The van der Waals surface area contributed by atoms with Crippen LogP contribution in [0, 0.1) is 0 Å². The van der Waals surface area contributed by atoms with Crippen LogP contribution >= 0.6 is 11.8 Å². The summed E-state index contributed by atoms with van der Waals surface area (Å²) in [6.07, 6.45) is 0.828. The maximum atomic E-state index is 14.2. The molecule has 39 heavy (non-hydrogen) atoms. The van der Waals surface area contributed by atoms with Crippen LogP contribution in [0.1, 0.15) is 35.6 Å². The fraction of sp³-hybridized carbons (Fsp3) is 0.182. The molecule has 0 bridgehead atoms. The molecule has 1 aliphatic rings. The molecule has 0 spiro atoms. The molecule has 0 radical (unpaired) electrons. The molecular weight excluding hydrogens is 506 g/mol. The first kappa shape index (κ1) is 26.4. The molecule has 4 aromatic rings. The van der Waals surface area contributed by atoms with Gasteiger partial charge in [-0.3, -0.25) is 19.3 Å². The SMILES string of the molecule is CCC(=O)COc1ccc(CC2SC(=O)N(C(c3ccccc3)(c3ccccc3)c3ccccc3)C2=O)cc1. The van der Waals surface area contributed by atoms with E-state index in [-0.39, 0.29) is 23.5 Å². The summed E-state index contributed by atoms with van der Waals surface area (Å²) in [5.41, 5.74) is 2.31. The van der Waals surface area contributed by atoms with E-state index < -0.39 is 10.8 Å². The molecule has 2 amide bonds. The van der Waals surface area contributed by atoms with Crippen molar-refractivity contribution in [2.24, 2.45) is 0 Å². The number of hydrogen-bond acceptors (Lipinski definition) is 5. The number of thioether (sulfide) groups is 1. The van der Waals surface area contributed by atoms with Crippen molar-refractivity contribution < 1.29 is 19.1 Å². The van der Waals surface area contributed by atoms with Crippen LogP contribution in [0.15, 0.2) is 115 Å². The number of hydrogen-bond donors (Lipinski definition) is 0. The van der Waals surface area contributed by atoms with Gasteiger partial charge in [0.1, 0.15) is 17.9 Å². The lowest BCUT2D eigenvalue weighted by molar-refractivity contribution is -0.129. The van der Waals surface area contributed by atoms with Crippen LogP contribution < -0.4 is 4.74 Å². The van der Waals surface area contributed by atoms with Crippen LogP contribution in [0.4, 0.5) is 4.79 Å². The van der Waals surface area contributed by atoms with Crippen molar-refractivity contribution in [2.45, 2.75) is 30.6 Å². The number of amides is 2. The molecule has 1 saturated heterocycles. The van der Waals surface area contributed by atoms with E-state index in [1.807, 2.05) is 103 Å². The zero-order valence-electron chi connectivity index (χ0n) is 21.7. The lowest BCUT2D eigenvalue weighted by Crippen LogP contribution is -2.51. The number of Topliss-reactive ketones (excluding diaryl/α,β-unsaturated/α-hetero) is 1. The second-order valence-corrected chi connectivity index (χ2v) is 10.5. The number of ketones is 1. The molecule has 0 saturated carbocycles. The first-order valence-electron chi connectivity index (χ1n) is 13.0. The van der Waals surface area contributed by atoms with Gasteiger partial charge in [0.05, 0.1) is 5.25 Å². The molecule has 0 aliphatic carbocycles. The number of benzene rings is 4. The zero-order valence-corrected chi connectivity index (χ0v) is 22.5. The predicted octanol–water partition coefficient (Wildman–Crippen LogP) is 6.64. The molecule has 1 aliphatic heterocycles. The predicted molar refractivity (Wildman–Crippen MR) is 154 cm³/mol. The molecule has 0 N–H and O–H groups in total. The highest BCUT2D eigenvalue weighted by molar-refractivity contribution is 8.15. The molecule has 196 valence electrons. The lowest BCUT2D eigenvalue weighted by atomic mass is 9.75. The number of carbonyl (C=O) groups excluding carboxylic acids is 3. The number of nitrogens with zero attached hydrogens (tertiary/aromatic N) is 1. The van der Waals surface area contributed by atoms with Gasteiger partial charge in [-0.2, -0.15) is 0 Å². The van der Waals surface area contributed by atoms with Gasteiger partial charge in [-0.25, -0.2) is 0 Å². The van der Waals surface area contributed by atoms with Crippen molar-refractivity contribution in [3.05, 3.63) is 138 Å². The summed E-state index contributed by atoms with van der Waals surface area (Å²) < 4.78 is 5.55. The Morgan fingerprint density at radius 3 is 1.72 bits per heavy atom. The van der Waals surface area contributed by atoms with E-state index in [1.165, 1.54) is 4.90 Å². The van der Waals surface area contributed by atoms with Gasteiger partial charge < -0.3 is 4.74 Å². The Morgan fingerprint density at radius 2 is 1.26 bits per heavy atom. The van der Waals surface area contributed by atoms with Crippen molar-refractivity contribution >= 4 is 28.7 Å². The maximum absolute atomic E-state index is 14.2. The molecule has 4 aromatic carbocycles. The quantitative estimate of drug-likeness (QED) is 0.213.